The van der Waals surface area contributed by atoms with Crippen LogP contribution in [0.5, 0.6) is 0 Å². The highest BCUT2D eigenvalue weighted by molar-refractivity contribution is 8.00. The average Bonchev–Trinajstić information content (AvgIpc) is 2.99. The number of nitrogens with zero attached hydrogens (tertiary/aromatic N) is 2. The number of carbonyl (C=O) groups excluding carboxylic acids is 1. The van der Waals surface area contributed by atoms with Crippen molar-refractivity contribution >= 4 is 23.6 Å². The molecule has 2 aromatic rings. The van der Waals surface area contributed by atoms with Crippen molar-refractivity contribution in [3.8, 4) is 0 Å². The van der Waals surface area contributed by atoms with Crippen LogP contribution in [0, 0.1) is 0 Å². The Balaban J connectivity index is 2.00. The summed E-state index contributed by atoms with van der Waals surface area (Å²) in [6, 6.07) is 5.73. The molecule has 0 saturated carbocycles. The maximum Gasteiger partial charge on any atom is 0.166 e. The summed E-state index contributed by atoms with van der Waals surface area (Å²) in [4.78, 5) is 15.5. The summed E-state index contributed by atoms with van der Waals surface area (Å²) < 4.78 is 1.98. The standard InChI is InChI=1S/C13H14N2OS/c16-9-11-4-1-3-10-8-14-13(15(10)11)7-12-5-2-6-17-12/h1,3-4,8-9,12H,2,5-7H2. The molecule has 0 amide bonds. The van der Waals surface area contributed by atoms with Crippen LogP contribution in [-0.2, 0) is 6.42 Å². The molecule has 1 saturated heterocycles. The van der Waals surface area contributed by atoms with E-state index >= 15 is 0 Å². The molecule has 0 spiro atoms. The van der Waals surface area contributed by atoms with Gasteiger partial charge in [-0.05, 0) is 30.7 Å². The molecule has 0 bridgehead atoms. The van der Waals surface area contributed by atoms with E-state index in [1.807, 2.05) is 40.6 Å². The van der Waals surface area contributed by atoms with Gasteiger partial charge in [-0.1, -0.05) is 6.07 Å². The lowest BCUT2D eigenvalue weighted by Crippen LogP contribution is -2.08. The Morgan fingerprint density at radius 2 is 2.47 bits per heavy atom. The summed E-state index contributed by atoms with van der Waals surface area (Å²) in [7, 11) is 0. The molecule has 1 fully saturated rings. The number of pyridine rings is 1. The predicted molar refractivity (Wildman–Crippen MR) is 69.8 cm³/mol. The first kappa shape index (κ1) is 10.8. The van der Waals surface area contributed by atoms with E-state index in [9.17, 15) is 4.79 Å². The zero-order chi connectivity index (χ0) is 11.7. The summed E-state index contributed by atoms with van der Waals surface area (Å²) in [6.45, 7) is 0. The molecule has 3 rings (SSSR count). The monoisotopic (exact) mass is 246 g/mol. The van der Waals surface area contributed by atoms with Gasteiger partial charge in [-0.2, -0.15) is 11.8 Å². The first-order chi connectivity index (χ1) is 8.38. The SMILES string of the molecule is O=Cc1cccc2cnc(CC3CCCS3)n12. The van der Waals surface area contributed by atoms with Crippen molar-refractivity contribution in [1.82, 2.24) is 9.38 Å². The quantitative estimate of drug-likeness (QED) is 0.781. The number of aldehydes is 1. The van der Waals surface area contributed by atoms with Gasteiger partial charge in [0.25, 0.3) is 0 Å². The van der Waals surface area contributed by atoms with Crippen molar-refractivity contribution in [2.24, 2.45) is 0 Å². The van der Waals surface area contributed by atoms with Crippen molar-refractivity contribution in [3.63, 3.8) is 0 Å². The molecule has 0 radical (unpaired) electrons. The van der Waals surface area contributed by atoms with E-state index < -0.39 is 0 Å². The van der Waals surface area contributed by atoms with Gasteiger partial charge in [0.05, 0.1) is 17.4 Å². The molecule has 0 N–H and O–H groups in total. The topological polar surface area (TPSA) is 34.4 Å². The molecule has 2 aromatic heterocycles. The van der Waals surface area contributed by atoms with Crippen LogP contribution in [0.15, 0.2) is 24.4 Å². The lowest BCUT2D eigenvalue weighted by atomic mass is 10.2. The van der Waals surface area contributed by atoms with Crippen LogP contribution >= 0.6 is 11.8 Å². The van der Waals surface area contributed by atoms with Crippen LogP contribution in [0.1, 0.15) is 29.2 Å². The molecule has 3 heterocycles. The maximum atomic E-state index is 11.1. The minimum Gasteiger partial charge on any atom is -0.296 e. The van der Waals surface area contributed by atoms with Crippen molar-refractivity contribution < 1.29 is 4.79 Å². The summed E-state index contributed by atoms with van der Waals surface area (Å²) in [5.41, 5.74) is 1.70. The summed E-state index contributed by atoms with van der Waals surface area (Å²) in [6.07, 6.45) is 6.29. The molecule has 1 aliphatic heterocycles. The first-order valence-corrected chi connectivity index (χ1v) is 6.95. The lowest BCUT2D eigenvalue weighted by Gasteiger charge is -2.08. The molecule has 4 heteroatoms. The fourth-order valence-electron chi connectivity index (χ4n) is 2.39. The lowest BCUT2D eigenvalue weighted by molar-refractivity contribution is 0.111. The molecule has 0 aliphatic carbocycles. The minimum atomic E-state index is 0.667. The van der Waals surface area contributed by atoms with E-state index in [-0.39, 0.29) is 0 Å². The zero-order valence-corrected chi connectivity index (χ0v) is 10.3. The summed E-state index contributed by atoms with van der Waals surface area (Å²) in [5.74, 6) is 2.27. The van der Waals surface area contributed by atoms with Crippen LogP contribution in [0.4, 0.5) is 0 Å². The van der Waals surface area contributed by atoms with Gasteiger partial charge in [0.1, 0.15) is 5.82 Å². The largest absolute Gasteiger partial charge is 0.296 e. The molecular weight excluding hydrogens is 232 g/mol. The average molecular weight is 246 g/mol. The number of carbonyl (C=O) groups is 1. The number of aromatic nitrogens is 2. The maximum absolute atomic E-state index is 11.1. The van der Waals surface area contributed by atoms with Crippen molar-refractivity contribution in [2.45, 2.75) is 24.5 Å². The molecule has 1 atom stereocenters. The third kappa shape index (κ3) is 1.97. The second-order valence-corrected chi connectivity index (χ2v) is 5.75. The molecule has 0 aromatic carbocycles. The highest BCUT2D eigenvalue weighted by Crippen LogP contribution is 2.29. The Labute approximate surface area is 104 Å². The van der Waals surface area contributed by atoms with Gasteiger partial charge in [0.15, 0.2) is 6.29 Å². The molecule has 1 aliphatic rings. The second kappa shape index (κ2) is 4.53. The molecule has 3 nitrogen and oxygen atoms in total. The van der Waals surface area contributed by atoms with Crippen LogP contribution in [-0.4, -0.2) is 26.7 Å². The fraction of sp³-hybridized carbons (Fsp3) is 0.385. The summed E-state index contributed by atoms with van der Waals surface area (Å²) in [5, 5.41) is 0.667. The number of thioether (sulfide) groups is 1. The van der Waals surface area contributed by atoms with E-state index in [2.05, 4.69) is 4.98 Å². The smallest absolute Gasteiger partial charge is 0.166 e. The molecule has 88 valence electrons. The number of rotatable bonds is 3. The Bertz CT molecular complexity index is 543. The normalized spacial score (nSPS) is 19.9. The number of hydrogen-bond acceptors (Lipinski definition) is 3. The van der Waals surface area contributed by atoms with Crippen LogP contribution < -0.4 is 0 Å². The van der Waals surface area contributed by atoms with Crippen molar-refractivity contribution in [1.29, 1.82) is 0 Å². The Morgan fingerprint density at radius 3 is 3.24 bits per heavy atom. The first-order valence-electron chi connectivity index (χ1n) is 5.90. The van der Waals surface area contributed by atoms with E-state index in [0.717, 1.165) is 24.0 Å². The van der Waals surface area contributed by atoms with Crippen molar-refractivity contribution in [2.75, 3.05) is 5.75 Å². The molecule has 17 heavy (non-hydrogen) atoms. The Kier molecular flexibility index (Phi) is 2.89. The minimum absolute atomic E-state index is 0.667. The van der Waals surface area contributed by atoms with Gasteiger partial charge in [0, 0.05) is 11.7 Å². The Hall–Kier alpha value is -1.29. The van der Waals surface area contributed by atoms with E-state index in [1.165, 1.54) is 18.6 Å². The molecule has 1 unspecified atom stereocenters. The number of hydrogen-bond donors (Lipinski definition) is 0. The number of fused-ring (bicyclic) bond motifs is 1. The fourth-order valence-corrected chi connectivity index (χ4v) is 3.65. The highest BCUT2D eigenvalue weighted by Gasteiger charge is 2.18. The summed E-state index contributed by atoms with van der Waals surface area (Å²) >= 11 is 2.02. The number of imidazole rings is 1. The van der Waals surface area contributed by atoms with Crippen LogP contribution in [0.3, 0.4) is 0 Å². The van der Waals surface area contributed by atoms with Gasteiger partial charge >= 0.3 is 0 Å². The zero-order valence-electron chi connectivity index (χ0n) is 9.50. The third-order valence-corrected chi connectivity index (χ3v) is 4.61. The van der Waals surface area contributed by atoms with Gasteiger partial charge < -0.3 is 0 Å². The van der Waals surface area contributed by atoms with E-state index in [4.69, 9.17) is 0 Å². The van der Waals surface area contributed by atoms with E-state index in [1.54, 1.807) is 0 Å². The Morgan fingerprint density at radius 1 is 1.53 bits per heavy atom. The van der Waals surface area contributed by atoms with Gasteiger partial charge in [-0.25, -0.2) is 4.98 Å². The van der Waals surface area contributed by atoms with Crippen LogP contribution in [0.2, 0.25) is 0 Å². The van der Waals surface area contributed by atoms with Gasteiger partial charge in [0.2, 0.25) is 0 Å². The van der Waals surface area contributed by atoms with Gasteiger partial charge in [-0.3, -0.25) is 9.20 Å². The van der Waals surface area contributed by atoms with E-state index in [0.29, 0.717) is 10.9 Å². The van der Waals surface area contributed by atoms with Gasteiger partial charge in [-0.15, -0.1) is 0 Å². The predicted octanol–water partition coefficient (Wildman–Crippen LogP) is 2.58. The second-order valence-electron chi connectivity index (χ2n) is 4.34. The highest BCUT2D eigenvalue weighted by atomic mass is 32.2. The molecular formula is C13H14N2OS. The third-order valence-electron chi connectivity index (χ3n) is 3.21. The van der Waals surface area contributed by atoms with Crippen molar-refractivity contribution in [3.05, 3.63) is 35.9 Å². The van der Waals surface area contributed by atoms with Crippen LogP contribution in [0.25, 0.3) is 5.52 Å².